The van der Waals surface area contributed by atoms with E-state index in [9.17, 15) is 4.79 Å². The Labute approximate surface area is 79.2 Å². The van der Waals surface area contributed by atoms with E-state index < -0.39 is 6.16 Å². The van der Waals surface area contributed by atoms with E-state index in [0.29, 0.717) is 25.7 Å². The average Bonchev–Trinajstić information content (AvgIpc) is 2.03. The average molecular weight is 190 g/mol. The SMILES string of the molecule is CCOC(=O)OCCOCC(C)C. The van der Waals surface area contributed by atoms with Crippen molar-refractivity contribution in [3.8, 4) is 0 Å². The standard InChI is InChI=1S/C9H18O4/c1-4-12-9(10)13-6-5-11-7-8(2)3/h8H,4-7H2,1-3H3. The summed E-state index contributed by atoms with van der Waals surface area (Å²) >= 11 is 0. The van der Waals surface area contributed by atoms with Crippen LogP contribution in [0.1, 0.15) is 20.8 Å². The van der Waals surface area contributed by atoms with Crippen LogP contribution in [-0.4, -0.2) is 32.6 Å². The molecule has 0 bridgehead atoms. The Balaban J connectivity index is 3.11. The van der Waals surface area contributed by atoms with E-state index in [-0.39, 0.29) is 6.61 Å². The van der Waals surface area contributed by atoms with Gasteiger partial charge in [0, 0.05) is 6.61 Å². The first-order chi connectivity index (χ1) is 6.16. The lowest BCUT2D eigenvalue weighted by molar-refractivity contribution is 0.0243. The van der Waals surface area contributed by atoms with Gasteiger partial charge in [0.2, 0.25) is 0 Å². The second-order valence-electron chi connectivity index (χ2n) is 3.00. The first-order valence-corrected chi connectivity index (χ1v) is 4.54. The van der Waals surface area contributed by atoms with Crippen LogP contribution in [-0.2, 0) is 14.2 Å². The number of hydrogen-bond donors (Lipinski definition) is 0. The Morgan fingerprint density at radius 2 is 1.92 bits per heavy atom. The molecule has 0 saturated heterocycles. The predicted octanol–water partition coefficient (Wildman–Crippen LogP) is 1.83. The minimum atomic E-state index is -0.629. The molecule has 0 unspecified atom stereocenters. The van der Waals surface area contributed by atoms with Gasteiger partial charge in [-0.2, -0.15) is 0 Å². The van der Waals surface area contributed by atoms with E-state index in [1.165, 1.54) is 0 Å². The van der Waals surface area contributed by atoms with Crippen LogP contribution in [0.15, 0.2) is 0 Å². The van der Waals surface area contributed by atoms with Crippen molar-refractivity contribution in [1.29, 1.82) is 0 Å². The van der Waals surface area contributed by atoms with Gasteiger partial charge in [-0.25, -0.2) is 4.79 Å². The zero-order valence-corrected chi connectivity index (χ0v) is 8.54. The molecule has 4 nitrogen and oxygen atoms in total. The fourth-order valence-corrected chi connectivity index (χ4v) is 0.662. The summed E-state index contributed by atoms with van der Waals surface area (Å²) in [6.07, 6.45) is -0.629. The van der Waals surface area contributed by atoms with Gasteiger partial charge in [0.15, 0.2) is 0 Å². The molecule has 0 aromatic carbocycles. The summed E-state index contributed by atoms with van der Waals surface area (Å²) < 4.78 is 14.4. The summed E-state index contributed by atoms with van der Waals surface area (Å²) in [6, 6.07) is 0. The van der Waals surface area contributed by atoms with Crippen molar-refractivity contribution >= 4 is 6.16 Å². The van der Waals surface area contributed by atoms with E-state index in [4.69, 9.17) is 4.74 Å². The molecular formula is C9H18O4. The molecule has 0 radical (unpaired) electrons. The largest absolute Gasteiger partial charge is 0.508 e. The van der Waals surface area contributed by atoms with E-state index >= 15 is 0 Å². The molecule has 0 aliphatic carbocycles. The van der Waals surface area contributed by atoms with E-state index in [1.807, 2.05) is 0 Å². The predicted molar refractivity (Wildman–Crippen MR) is 48.6 cm³/mol. The first-order valence-electron chi connectivity index (χ1n) is 4.54. The lowest BCUT2D eigenvalue weighted by atomic mass is 10.2. The molecule has 0 aliphatic rings. The van der Waals surface area contributed by atoms with E-state index in [2.05, 4.69) is 23.3 Å². The summed E-state index contributed by atoms with van der Waals surface area (Å²) in [4.78, 5) is 10.6. The molecule has 0 aliphatic heterocycles. The monoisotopic (exact) mass is 190 g/mol. The fourth-order valence-electron chi connectivity index (χ4n) is 0.662. The zero-order chi connectivity index (χ0) is 10.1. The molecule has 13 heavy (non-hydrogen) atoms. The molecule has 0 atom stereocenters. The topological polar surface area (TPSA) is 44.8 Å². The third kappa shape index (κ3) is 9.14. The molecule has 0 fully saturated rings. The summed E-state index contributed by atoms with van der Waals surface area (Å²) in [5.74, 6) is 0.502. The van der Waals surface area contributed by atoms with Crippen molar-refractivity contribution in [2.24, 2.45) is 5.92 Å². The number of carbonyl (C=O) groups is 1. The molecule has 0 saturated carbocycles. The summed E-state index contributed by atoms with van der Waals surface area (Å²) in [7, 11) is 0. The normalized spacial score (nSPS) is 10.2. The van der Waals surface area contributed by atoms with Crippen molar-refractivity contribution in [3.63, 3.8) is 0 Å². The van der Waals surface area contributed by atoms with Crippen LogP contribution in [0, 0.1) is 5.92 Å². The van der Waals surface area contributed by atoms with Crippen molar-refractivity contribution in [1.82, 2.24) is 0 Å². The summed E-state index contributed by atoms with van der Waals surface area (Å²) in [5, 5.41) is 0. The third-order valence-electron chi connectivity index (χ3n) is 1.16. The van der Waals surface area contributed by atoms with Gasteiger partial charge < -0.3 is 14.2 Å². The number of carbonyl (C=O) groups excluding carboxylic acids is 1. The molecule has 0 heterocycles. The highest BCUT2D eigenvalue weighted by atomic mass is 16.7. The molecule has 4 heteroatoms. The van der Waals surface area contributed by atoms with Gasteiger partial charge in [-0.3, -0.25) is 0 Å². The fraction of sp³-hybridized carbons (Fsp3) is 0.889. The highest BCUT2D eigenvalue weighted by molar-refractivity contribution is 5.59. The van der Waals surface area contributed by atoms with Crippen LogP contribution < -0.4 is 0 Å². The lowest BCUT2D eigenvalue weighted by Crippen LogP contribution is -2.13. The maximum absolute atomic E-state index is 10.6. The Bertz CT molecular complexity index is 134. The first kappa shape index (κ1) is 12.2. The van der Waals surface area contributed by atoms with Gasteiger partial charge in [-0.05, 0) is 12.8 Å². The Morgan fingerprint density at radius 1 is 1.23 bits per heavy atom. The maximum Gasteiger partial charge on any atom is 0.508 e. The third-order valence-corrected chi connectivity index (χ3v) is 1.16. The Morgan fingerprint density at radius 3 is 2.46 bits per heavy atom. The molecule has 0 amide bonds. The van der Waals surface area contributed by atoms with Crippen LogP contribution in [0.2, 0.25) is 0 Å². The second-order valence-corrected chi connectivity index (χ2v) is 3.00. The Kier molecular flexibility index (Phi) is 7.39. The molecule has 0 spiro atoms. The van der Waals surface area contributed by atoms with Gasteiger partial charge in [0.1, 0.15) is 6.61 Å². The molecule has 0 N–H and O–H groups in total. The van der Waals surface area contributed by atoms with Gasteiger partial charge in [0.25, 0.3) is 0 Å². The van der Waals surface area contributed by atoms with Gasteiger partial charge in [-0.1, -0.05) is 13.8 Å². The summed E-state index contributed by atoms with van der Waals surface area (Å²) in [5.41, 5.74) is 0. The molecule has 78 valence electrons. The number of rotatable bonds is 6. The minimum Gasteiger partial charge on any atom is -0.435 e. The van der Waals surface area contributed by atoms with Crippen molar-refractivity contribution in [2.45, 2.75) is 20.8 Å². The zero-order valence-electron chi connectivity index (χ0n) is 8.54. The van der Waals surface area contributed by atoms with Gasteiger partial charge in [0.05, 0.1) is 13.2 Å². The second kappa shape index (κ2) is 7.86. The highest BCUT2D eigenvalue weighted by Gasteiger charge is 2.01. The Hall–Kier alpha value is -0.770. The van der Waals surface area contributed by atoms with Crippen LogP contribution in [0.4, 0.5) is 4.79 Å². The van der Waals surface area contributed by atoms with Crippen LogP contribution in [0.3, 0.4) is 0 Å². The molecule has 0 aromatic heterocycles. The number of ether oxygens (including phenoxy) is 3. The molecule has 0 rings (SSSR count). The minimum absolute atomic E-state index is 0.256. The van der Waals surface area contributed by atoms with Crippen LogP contribution >= 0.6 is 0 Å². The number of hydrogen-bond acceptors (Lipinski definition) is 4. The van der Waals surface area contributed by atoms with E-state index in [0.717, 1.165) is 0 Å². The quantitative estimate of drug-likeness (QED) is 0.473. The maximum atomic E-state index is 10.6. The molecular weight excluding hydrogens is 172 g/mol. The van der Waals surface area contributed by atoms with Crippen molar-refractivity contribution in [2.75, 3.05) is 26.4 Å². The van der Waals surface area contributed by atoms with Crippen LogP contribution in [0.5, 0.6) is 0 Å². The lowest BCUT2D eigenvalue weighted by Gasteiger charge is -2.07. The smallest absolute Gasteiger partial charge is 0.435 e. The van der Waals surface area contributed by atoms with Gasteiger partial charge in [-0.15, -0.1) is 0 Å². The van der Waals surface area contributed by atoms with Crippen LogP contribution in [0.25, 0.3) is 0 Å². The van der Waals surface area contributed by atoms with Crippen molar-refractivity contribution in [3.05, 3.63) is 0 Å². The molecule has 0 aromatic rings. The summed E-state index contributed by atoms with van der Waals surface area (Å²) in [6.45, 7) is 7.56. The van der Waals surface area contributed by atoms with Crippen molar-refractivity contribution < 1.29 is 19.0 Å². The highest BCUT2D eigenvalue weighted by Crippen LogP contribution is 1.92. The van der Waals surface area contributed by atoms with Gasteiger partial charge >= 0.3 is 6.16 Å². The van der Waals surface area contributed by atoms with E-state index in [1.54, 1.807) is 6.92 Å².